The molecule has 0 saturated carbocycles. The zero-order valence-corrected chi connectivity index (χ0v) is 12.9. The van der Waals surface area contributed by atoms with E-state index in [1.165, 1.54) is 23.7 Å². The highest BCUT2D eigenvalue weighted by Gasteiger charge is 2.18. The molecule has 0 fully saturated rings. The van der Waals surface area contributed by atoms with Gasteiger partial charge in [0.15, 0.2) is 10.9 Å². The zero-order valence-electron chi connectivity index (χ0n) is 12.1. The quantitative estimate of drug-likeness (QED) is 0.908. The van der Waals surface area contributed by atoms with Crippen molar-refractivity contribution in [3.63, 3.8) is 0 Å². The van der Waals surface area contributed by atoms with E-state index in [2.05, 4.69) is 36.4 Å². The van der Waals surface area contributed by atoms with Gasteiger partial charge < -0.3 is 15.1 Å². The third kappa shape index (κ3) is 4.16. The van der Waals surface area contributed by atoms with Gasteiger partial charge in [-0.15, -0.1) is 11.3 Å². The van der Waals surface area contributed by atoms with E-state index in [1.54, 1.807) is 6.07 Å². The van der Waals surface area contributed by atoms with Crippen LogP contribution in [0.2, 0.25) is 0 Å². The van der Waals surface area contributed by atoms with E-state index >= 15 is 0 Å². The molecule has 7 heteroatoms. The molecule has 2 aromatic rings. The molecule has 2 rings (SSSR count). The van der Waals surface area contributed by atoms with Crippen molar-refractivity contribution in [3.8, 4) is 0 Å². The molecule has 2 heterocycles. The number of nitrogens with one attached hydrogen (secondary N) is 2. The van der Waals surface area contributed by atoms with Gasteiger partial charge in [0.05, 0.1) is 18.5 Å². The summed E-state index contributed by atoms with van der Waals surface area (Å²) in [5, 5.41) is 7.57. The molecule has 0 bridgehead atoms. The average Bonchev–Trinajstić information content (AvgIpc) is 3.05. The molecule has 2 N–H and O–H groups in total. The third-order valence-electron chi connectivity index (χ3n) is 2.67. The van der Waals surface area contributed by atoms with Gasteiger partial charge >= 0.3 is 0 Å². The van der Waals surface area contributed by atoms with E-state index in [1.807, 2.05) is 5.38 Å². The van der Waals surface area contributed by atoms with Gasteiger partial charge in [0, 0.05) is 10.8 Å². The summed E-state index contributed by atoms with van der Waals surface area (Å²) in [6, 6.07) is 3.14. The number of anilines is 1. The van der Waals surface area contributed by atoms with Crippen LogP contribution in [0, 0.1) is 0 Å². The van der Waals surface area contributed by atoms with E-state index in [9.17, 15) is 9.59 Å². The number of carbonyl (C=O) groups excluding carboxylic acids is 2. The number of amides is 2. The molecule has 0 radical (unpaired) electrons. The van der Waals surface area contributed by atoms with Crippen LogP contribution in [0.3, 0.4) is 0 Å². The summed E-state index contributed by atoms with van der Waals surface area (Å²) in [4.78, 5) is 27.7. The standard InChI is InChI=1S/C14H17N3O3S/c1-14(2,3)10-8-21-13(16-10)17-11(18)7-15-12(19)9-5-4-6-20-9/h4-6,8H,7H2,1-3H3,(H,15,19)(H,16,17,18). The highest BCUT2D eigenvalue weighted by molar-refractivity contribution is 7.13. The molecule has 0 atom stereocenters. The number of carbonyl (C=O) groups is 2. The van der Waals surface area contributed by atoms with Crippen LogP contribution >= 0.6 is 11.3 Å². The summed E-state index contributed by atoms with van der Waals surface area (Å²) in [5.74, 6) is -0.582. The Morgan fingerprint density at radius 2 is 2.14 bits per heavy atom. The number of aromatic nitrogens is 1. The maximum Gasteiger partial charge on any atom is 0.287 e. The van der Waals surface area contributed by atoms with E-state index < -0.39 is 5.91 Å². The molecule has 0 aromatic carbocycles. The Labute approximate surface area is 126 Å². The van der Waals surface area contributed by atoms with Gasteiger partial charge in [0.1, 0.15) is 0 Å². The Kier molecular flexibility index (Phi) is 4.42. The number of thiazole rings is 1. The van der Waals surface area contributed by atoms with Crippen molar-refractivity contribution in [2.75, 3.05) is 11.9 Å². The molecule has 6 nitrogen and oxygen atoms in total. The van der Waals surface area contributed by atoms with Gasteiger partial charge in [-0.2, -0.15) is 0 Å². The molecule has 2 amide bonds. The van der Waals surface area contributed by atoms with Crippen molar-refractivity contribution in [1.82, 2.24) is 10.3 Å². The molecule has 0 spiro atoms. The van der Waals surface area contributed by atoms with Gasteiger partial charge in [-0.3, -0.25) is 9.59 Å². The van der Waals surface area contributed by atoms with E-state index in [0.717, 1.165) is 5.69 Å². The van der Waals surface area contributed by atoms with Gasteiger partial charge in [0.2, 0.25) is 5.91 Å². The van der Waals surface area contributed by atoms with Crippen LogP contribution in [0.25, 0.3) is 0 Å². The van der Waals surface area contributed by atoms with Crippen LogP contribution in [0.15, 0.2) is 28.2 Å². The fourth-order valence-corrected chi connectivity index (χ4v) is 2.45. The van der Waals surface area contributed by atoms with Gasteiger partial charge in [-0.1, -0.05) is 20.8 Å². The maximum atomic E-state index is 11.8. The second-order valence-corrected chi connectivity index (χ2v) is 6.35. The minimum absolute atomic E-state index is 0.0625. The maximum absolute atomic E-state index is 11.8. The Bertz CT molecular complexity index is 626. The highest BCUT2D eigenvalue weighted by Crippen LogP contribution is 2.26. The fourth-order valence-electron chi connectivity index (χ4n) is 1.49. The zero-order chi connectivity index (χ0) is 15.5. The van der Waals surface area contributed by atoms with Crippen molar-refractivity contribution < 1.29 is 14.0 Å². The topological polar surface area (TPSA) is 84.2 Å². The van der Waals surface area contributed by atoms with Gasteiger partial charge in [-0.25, -0.2) is 4.98 Å². The Balaban J connectivity index is 1.85. The van der Waals surface area contributed by atoms with Gasteiger partial charge in [0.25, 0.3) is 5.91 Å². The third-order valence-corrected chi connectivity index (χ3v) is 3.43. The Morgan fingerprint density at radius 1 is 1.38 bits per heavy atom. The highest BCUT2D eigenvalue weighted by atomic mass is 32.1. The summed E-state index contributed by atoms with van der Waals surface area (Å²) >= 11 is 1.36. The lowest BCUT2D eigenvalue weighted by Gasteiger charge is -2.14. The first-order chi connectivity index (χ1) is 9.86. The molecule has 0 unspecified atom stereocenters. The summed E-state index contributed by atoms with van der Waals surface area (Å²) in [5.41, 5.74) is 0.856. The molecule has 0 aliphatic carbocycles. The normalized spacial score (nSPS) is 11.2. The van der Waals surface area contributed by atoms with E-state index in [4.69, 9.17) is 4.42 Å². The lowest BCUT2D eigenvalue weighted by Crippen LogP contribution is -2.32. The summed E-state index contributed by atoms with van der Waals surface area (Å²) in [6.07, 6.45) is 1.40. The predicted molar refractivity (Wildman–Crippen MR) is 80.5 cm³/mol. The van der Waals surface area contributed by atoms with Crippen LogP contribution in [-0.4, -0.2) is 23.3 Å². The molecular formula is C14H17N3O3S. The fraction of sp³-hybridized carbons (Fsp3) is 0.357. The lowest BCUT2D eigenvalue weighted by molar-refractivity contribution is -0.115. The van der Waals surface area contributed by atoms with Crippen LogP contribution < -0.4 is 10.6 Å². The van der Waals surface area contributed by atoms with Crippen molar-refractivity contribution in [2.45, 2.75) is 26.2 Å². The Hall–Kier alpha value is -2.15. The molecule has 2 aromatic heterocycles. The molecule has 0 aliphatic rings. The smallest absolute Gasteiger partial charge is 0.287 e. The molecule has 21 heavy (non-hydrogen) atoms. The number of rotatable bonds is 4. The SMILES string of the molecule is CC(C)(C)c1csc(NC(=O)CNC(=O)c2ccco2)n1. The summed E-state index contributed by atoms with van der Waals surface area (Å²) < 4.78 is 4.93. The van der Waals surface area contributed by atoms with Crippen LogP contribution in [0.5, 0.6) is 0 Å². The van der Waals surface area contributed by atoms with Crippen molar-refractivity contribution >= 4 is 28.3 Å². The first-order valence-corrected chi connectivity index (χ1v) is 7.32. The summed E-state index contributed by atoms with van der Waals surface area (Å²) in [6.45, 7) is 6.02. The lowest BCUT2D eigenvalue weighted by atomic mass is 9.93. The number of nitrogens with zero attached hydrogens (tertiary/aromatic N) is 1. The predicted octanol–water partition coefficient (Wildman–Crippen LogP) is 2.40. The van der Waals surface area contributed by atoms with Gasteiger partial charge in [-0.05, 0) is 12.1 Å². The molecule has 0 saturated heterocycles. The Morgan fingerprint density at radius 3 is 2.71 bits per heavy atom. The van der Waals surface area contributed by atoms with Crippen molar-refractivity contribution in [1.29, 1.82) is 0 Å². The molecule has 0 aliphatic heterocycles. The monoisotopic (exact) mass is 307 g/mol. The molecule has 112 valence electrons. The number of hydrogen-bond acceptors (Lipinski definition) is 5. The second kappa shape index (κ2) is 6.09. The number of furan rings is 1. The minimum Gasteiger partial charge on any atom is -0.459 e. The minimum atomic E-state index is -0.426. The average molecular weight is 307 g/mol. The molecular weight excluding hydrogens is 290 g/mol. The first kappa shape index (κ1) is 15.2. The van der Waals surface area contributed by atoms with E-state index in [0.29, 0.717) is 5.13 Å². The summed E-state index contributed by atoms with van der Waals surface area (Å²) in [7, 11) is 0. The second-order valence-electron chi connectivity index (χ2n) is 5.50. The van der Waals surface area contributed by atoms with Crippen molar-refractivity contribution in [3.05, 3.63) is 35.2 Å². The van der Waals surface area contributed by atoms with Crippen molar-refractivity contribution in [2.24, 2.45) is 0 Å². The van der Waals surface area contributed by atoms with Crippen LogP contribution in [-0.2, 0) is 10.2 Å². The van der Waals surface area contributed by atoms with E-state index in [-0.39, 0.29) is 23.6 Å². The number of hydrogen-bond donors (Lipinski definition) is 2. The first-order valence-electron chi connectivity index (χ1n) is 6.44. The van der Waals surface area contributed by atoms with Crippen LogP contribution in [0.4, 0.5) is 5.13 Å². The largest absolute Gasteiger partial charge is 0.459 e. The van der Waals surface area contributed by atoms with Crippen LogP contribution in [0.1, 0.15) is 37.0 Å².